The van der Waals surface area contributed by atoms with E-state index in [1.54, 1.807) is 12.1 Å². The normalized spacial score (nSPS) is 19.6. The maximum atomic E-state index is 10.7. The number of halogens is 1. The molecule has 1 saturated carbocycles. The van der Waals surface area contributed by atoms with E-state index in [0.29, 0.717) is 6.04 Å². The quantitative estimate of drug-likeness (QED) is 0.121. The van der Waals surface area contributed by atoms with E-state index in [2.05, 4.69) is 19.7 Å². The third-order valence-electron chi connectivity index (χ3n) is 5.04. The molecular formula is C21H23ClFeN2O8+. The van der Waals surface area contributed by atoms with Crippen LogP contribution in [-0.4, -0.2) is 29.0 Å². The SMILES string of the molecule is O=[N+]([O-])c1ccc(C2C[CH-]C[N+]23CCCC3)cc1.[C-]#[O+].[C-]#[O+].[CH]1[CH][CH][CH][CH]1.[Fe+2].[O-][Cl+3]([O-])([O-])[O-]. The molecule has 1 aliphatic carbocycles. The summed E-state index contributed by atoms with van der Waals surface area (Å²) >= 11 is 0. The van der Waals surface area contributed by atoms with Crippen molar-refractivity contribution >= 4 is 5.69 Å². The second-order valence-corrected chi connectivity index (χ2v) is 7.54. The molecular weight excluding hydrogens is 500 g/mol. The number of rotatable bonds is 2. The molecule has 2 aliphatic heterocycles. The molecule has 179 valence electrons. The number of hydrogen-bond donors (Lipinski definition) is 0. The largest absolute Gasteiger partial charge is 2.00 e. The fourth-order valence-corrected chi connectivity index (χ4v) is 3.89. The Kier molecular flexibility index (Phi) is 18.6. The Labute approximate surface area is 207 Å². The number of non-ortho nitro benzene ring substituents is 1. The van der Waals surface area contributed by atoms with E-state index < -0.39 is 10.2 Å². The van der Waals surface area contributed by atoms with Crippen molar-refractivity contribution in [3.63, 3.8) is 0 Å². The van der Waals surface area contributed by atoms with Crippen molar-refractivity contribution < 1.29 is 64.7 Å². The zero-order valence-corrected chi connectivity index (χ0v) is 19.3. The van der Waals surface area contributed by atoms with Crippen LogP contribution >= 0.6 is 0 Å². The summed E-state index contributed by atoms with van der Waals surface area (Å²) in [6.45, 7) is 12.7. The predicted molar refractivity (Wildman–Crippen MR) is 98.2 cm³/mol. The second kappa shape index (κ2) is 18.1. The van der Waals surface area contributed by atoms with Gasteiger partial charge in [-0.25, -0.2) is 18.6 Å². The molecule has 1 aromatic rings. The first kappa shape index (κ1) is 33.9. The van der Waals surface area contributed by atoms with Gasteiger partial charge in [-0.2, -0.15) is 0 Å². The first-order valence-corrected chi connectivity index (χ1v) is 10.6. The molecule has 33 heavy (non-hydrogen) atoms. The Morgan fingerprint density at radius 1 is 0.909 bits per heavy atom. The van der Waals surface area contributed by atoms with Crippen LogP contribution in [0.5, 0.6) is 0 Å². The number of hydrogen-bond acceptors (Lipinski definition) is 6. The Morgan fingerprint density at radius 2 is 1.30 bits per heavy atom. The monoisotopic (exact) mass is 522 g/mol. The van der Waals surface area contributed by atoms with Crippen molar-refractivity contribution in [2.45, 2.75) is 25.3 Å². The van der Waals surface area contributed by atoms with Crippen LogP contribution in [0, 0.1) is 72.2 Å². The van der Waals surface area contributed by atoms with E-state index in [0.717, 1.165) is 6.42 Å². The average molecular weight is 523 g/mol. The standard InChI is InChI=1S/C14H18N2O2.C5H5.2CO.ClHO4.Fe/c17-15(18)13-7-5-12(6-8-13)14-4-3-11-16(14)9-1-2-10-16;1-2-4-5-3-1;2*1-2;2-1(3,4)5;/h3,5-8,14H,1-2,4,9-11H2;1-5H;;;(H,2,3,4,5);/q;;;;;+2/p-1. The predicted octanol–water partition coefficient (Wildman–Crippen LogP) is -0.958. The first-order chi connectivity index (χ1) is 15.2. The molecule has 2 heterocycles. The van der Waals surface area contributed by atoms with Gasteiger partial charge in [0.05, 0.1) is 24.1 Å². The zero-order valence-electron chi connectivity index (χ0n) is 17.5. The van der Waals surface area contributed by atoms with E-state index in [1.807, 2.05) is 44.2 Å². The molecule has 12 heteroatoms. The van der Waals surface area contributed by atoms with E-state index in [1.165, 1.54) is 42.5 Å². The van der Waals surface area contributed by atoms with Gasteiger partial charge in [0.2, 0.25) is 0 Å². The van der Waals surface area contributed by atoms with Crippen molar-refractivity contribution in [2.75, 3.05) is 19.6 Å². The van der Waals surface area contributed by atoms with Crippen LogP contribution in [0.1, 0.15) is 30.9 Å². The molecule has 10 nitrogen and oxygen atoms in total. The molecule has 0 N–H and O–H groups in total. The second-order valence-electron chi connectivity index (χ2n) is 6.78. The van der Waals surface area contributed by atoms with Gasteiger partial charge in [0.1, 0.15) is 0 Å². The minimum absolute atomic E-state index is 0. The van der Waals surface area contributed by atoms with Gasteiger partial charge in [-0.1, -0.05) is 0 Å². The fraction of sp³-hybridized carbons (Fsp3) is 0.333. The number of benzene rings is 1. The molecule has 0 aromatic heterocycles. The molecule has 1 spiro atoms. The molecule has 1 unspecified atom stereocenters. The Balaban J connectivity index is 0. The maximum Gasteiger partial charge on any atom is 2.00 e. The van der Waals surface area contributed by atoms with E-state index in [9.17, 15) is 10.1 Å². The molecule has 3 fully saturated rings. The summed E-state index contributed by atoms with van der Waals surface area (Å²) in [5, 5.41) is 10.7. The Morgan fingerprint density at radius 3 is 1.67 bits per heavy atom. The van der Waals surface area contributed by atoms with Crippen molar-refractivity contribution in [1.82, 2.24) is 0 Å². The number of quaternary nitrogens is 1. The molecule has 0 bridgehead atoms. The van der Waals surface area contributed by atoms with Gasteiger partial charge in [-0.05, 0) is 50.8 Å². The summed E-state index contributed by atoms with van der Waals surface area (Å²) in [6, 6.07) is 7.69. The molecule has 1 aromatic carbocycles. The topological polar surface area (TPSA) is 175 Å². The van der Waals surface area contributed by atoms with Crippen LogP contribution in [0.15, 0.2) is 24.3 Å². The molecule has 1 atom stereocenters. The minimum Gasteiger partial charge on any atom is -0.222 e. The van der Waals surface area contributed by atoms with Crippen LogP contribution in [0.25, 0.3) is 0 Å². The molecule has 3 aliphatic rings. The fourth-order valence-electron chi connectivity index (χ4n) is 3.89. The van der Waals surface area contributed by atoms with Gasteiger partial charge in [-0.3, -0.25) is 16.5 Å². The molecule has 0 amide bonds. The third-order valence-corrected chi connectivity index (χ3v) is 5.04. The van der Waals surface area contributed by atoms with Crippen molar-refractivity contribution in [3.8, 4) is 0 Å². The van der Waals surface area contributed by atoms with Crippen LogP contribution in [0.4, 0.5) is 5.69 Å². The van der Waals surface area contributed by atoms with E-state index in [4.69, 9.17) is 27.9 Å². The van der Waals surface area contributed by atoms with Gasteiger partial charge in [0, 0.05) is 30.5 Å². The van der Waals surface area contributed by atoms with Gasteiger partial charge >= 0.3 is 39.7 Å². The zero-order chi connectivity index (χ0) is 24.6. The number of nitro groups is 1. The number of nitro benzene ring substituents is 1. The van der Waals surface area contributed by atoms with Crippen LogP contribution in [-0.2, 0) is 26.4 Å². The number of nitrogens with zero attached hydrogens (tertiary/aromatic N) is 2. The Bertz CT molecular complexity index is 675. The smallest absolute Gasteiger partial charge is 0.222 e. The van der Waals surface area contributed by atoms with Crippen LogP contribution in [0.3, 0.4) is 0 Å². The average Bonchev–Trinajstić information content (AvgIpc) is 3.55. The van der Waals surface area contributed by atoms with Gasteiger partial charge in [0.15, 0.2) is 0 Å². The first-order valence-electron chi connectivity index (χ1n) is 9.32. The van der Waals surface area contributed by atoms with Crippen LogP contribution < -0.4 is 18.6 Å². The minimum atomic E-state index is -4.94. The summed E-state index contributed by atoms with van der Waals surface area (Å²) in [5.74, 6) is 0. The molecule has 5 radical (unpaired) electrons. The molecule has 4 rings (SSSR count). The van der Waals surface area contributed by atoms with Gasteiger partial charge in [0.25, 0.3) is 5.69 Å². The summed E-state index contributed by atoms with van der Waals surface area (Å²) in [7, 11) is -4.94. The summed E-state index contributed by atoms with van der Waals surface area (Å²) in [4.78, 5) is 10.4. The Hall–Kier alpha value is -1.29. The summed E-state index contributed by atoms with van der Waals surface area (Å²) in [6.07, 6.45) is 16.1. The van der Waals surface area contributed by atoms with E-state index >= 15 is 0 Å². The van der Waals surface area contributed by atoms with Crippen molar-refractivity contribution in [3.05, 3.63) is 91.8 Å². The van der Waals surface area contributed by atoms with Crippen molar-refractivity contribution in [1.29, 1.82) is 0 Å². The third kappa shape index (κ3) is 13.2. The molecule has 2 saturated heterocycles. The van der Waals surface area contributed by atoms with Crippen molar-refractivity contribution in [2.24, 2.45) is 0 Å². The van der Waals surface area contributed by atoms with E-state index in [-0.39, 0.29) is 27.7 Å². The summed E-state index contributed by atoms with van der Waals surface area (Å²) in [5.41, 5.74) is 1.45. The van der Waals surface area contributed by atoms with Crippen LogP contribution in [0.2, 0.25) is 0 Å². The van der Waals surface area contributed by atoms with Gasteiger partial charge in [-0.15, -0.1) is 16.7 Å². The maximum absolute atomic E-state index is 10.7. The van der Waals surface area contributed by atoms with Gasteiger partial charge < -0.3 is 4.48 Å². The summed E-state index contributed by atoms with van der Waals surface area (Å²) < 4.78 is 50.2.